The van der Waals surface area contributed by atoms with Crippen LogP contribution in [0.4, 0.5) is 23.4 Å². The average molecular weight is 468 g/mol. The van der Waals surface area contributed by atoms with Crippen molar-refractivity contribution in [2.75, 3.05) is 31.1 Å². The number of nitrogens with one attached hydrogen (secondary N) is 3. The van der Waals surface area contributed by atoms with Crippen LogP contribution in [0.15, 0.2) is 36.8 Å². The Labute approximate surface area is 184 Å². The number of H-pyrrole nitrogens is 1. The number of piperazine rings is 1. The number of carboxylic acid groups (broad SMARTS) is 1. The van der Waals surface area contributed by atoms with E-state index in [4.69, 9.17) is 9.90 Å². The molecule has 1 saturated heterocycles. The number of aromatic nitrogens is 3. The van der Waals surface area contributed by atoms with E-state index in [0.717, 1.165) is 37.6 Å². The maximum Gasteiger partial charge on any atom is 0.490 e. The van der Waals surface area contributed by atoms with Gasteiger partial charge in [0.2, 0.25) is 0 Å². The molecule has 1 amide bonds. The number of aromatic amines is 1. The van der Waals surface area contributed by atoms with Crippen molar-refractivity contribution in [3.63, 3.8) is 0 Å². The summed E-state index contributed by atoms with van der Waals surface area (Å²) >= 11 is 0. The molecule has 0 radical (unpaired) electrons. The topological polar surface area (TPSA) is 123 Å². The number of imidazole rings is 1. The van der Waals surface area contributed by atoms with E-state index in [2.05, 4.69) is 30.5 Å². The third kappa shape index (κ3) is 6.16. The van der Waals surface area contributed by atoms with Crippen molar-refractivity contribution < 1.29 is 32.3 Å². The molecule has 33 heavy (non-hydrogen) atoms. The minimum Gasteiger partial charge on any atom is -0.475 e. The molecule has 1 aliphatic heterocycles. The Hall–Kier alpha value is -3.74. The number of fused-ring (bicyclic) bond motifs is 1. The fraction of sp³-hybridized carbons (Fsp3) is 0.300. The second-order valence-corrected chi connectivity index (χ2v) is 6.97. The Balaban J connectivity index is 0.000000383. The molecule has 1 aliphatic rings. The van der Waals surface area contributed by atoms with E-state index in [1.165, 1.54) is 12.4 Å². The molecule has 0 saturated carbocycles. The molecule has 1 aromatic carbocycles. The molecule has 0 spiro atoms. The number of aliphatic carboxylic acids is 1. The van der Waals surface area contributed by atoms with Gasteiger partial charge in [0.25, 0.3) is 5.91 Å². The first-order valence-electron chi connectivity index (χ1n) is 9.77. The number of hydrogen-bond acceptors (Lipinski definition) is 6. The monoisotopic (exact) mass is 468 g/mol. The number of carboxylic acids is 1. The van der Waals surface area contributed by atoms with Crippen LogP contribution in [0.5, 0.6) is 0 Å². The van der Waals surface area contributed by atoms with Crippen LogP contribution in [0.3, 0.4) is 0 Å². The van der Waals surface area contributed by atoms with E-state index in [0.29, 0.717) is 12.1 Å². The highest BCUT2D eigenvalue weighted by Crippen LogP contribution is 2.18. The first-order valence-corrected chi connectivity index (χ1v) is 9.77. The molecule has 1 fully saturated rings. The lowest BCUT2D eigenvalue weighted by atomic mass is 10.1. The number of halogens is 4. The normalized spacial score (nSPS) is 13.9. The minimum atomic E-state index is -5.08. The van der Waals surface area contributed by atoms with Gasteiger partial charge in [-0.15, -0.1) is 0 Å². The van der Waals surface area contributed by atoms with Crippen LogP contribution in [0, 0.1) is 5.82 Å². The van der Waals surface area contributed by atoms with E-state index < -0.39 is 23.9 Å². The quantitative estimate of drug-likeness (QED) is 0.433. The molecule has 13 heteroatoms. The first-order chi connectivity index (χ1) is 15.7. The van der Waals surface area contributed by atoms with Crippen molar-refractivity contribution >= 4 is 28.7 Å². The van der Waals surface area contributed by atoms with Gasteiger partial charge in [-0.3, -0.25) is 4.79 Å². The molecule has 9 nitrogen and oxygen atoms in total. The highest BCUT2D eigenvalue weighted by atomic mass is 19.4. The van der Waals surface area contributed by atoms with Crippen LogP contribution in [0.1, 0.15) is 15.9 Å². The van der Waals surface area contributed by atoms with Crippen molar-refractivity contribution in [2.45, 2.75) is 12.7 Å². The molecule has 3 aromatic rings. The lowest BCUT2D eigenvalue weighted by molar-refractivity contribution is -0.192. The van der Waals surface area contributed by atoms with Crippen LogP contribution in [-0.4, -0.2) is 64.3 Å². The summed E-state index contributed by atoms with van der Waals surface area (Å²) in [5.41, 5.74) is 1.64. The number of hydrogen-bond donors (Lipinski definition) is 4. The van der Waals surface area contributed by atoms with Gasteiger partial charge in [-0.05, 0) is 29.8 Å². The molecular weight excluding hydrogens is 448 g/mol. The van der Waals surface area contributed by atoms with E-state index in [1.807, 2.05) is 12.1 Å². The second-order valence-electron chi connectivity index (χ2n) is 6.97. The molecule has 2 aromatic heterocycles. The van der Waals surface area contributed by atoms with Crippen molar-refractivity contribution in [2.24, 2.45) is 0 Å². The number of rotatable bonds is 4. The molecule has 3 heterocycles. The molecule has 4 N–H and O–H groups in total. The molecule has 0 aliphatic carbocycles. The predicted molar refractivity (Wildman–Crippen MR) is 110 cm³/mol. The number of nitrogens with zero attached hydrogens (tertiary/aromatic N) is 3. The Morgan fingerprint density at radius 3 is 2.52 bits per heavy atom. The Morgan fingerprint density at radius 1 is 1.15 bits per heavy atom. The van der Waals surface area contributed by atoms with Gasteiger partial charge in [-0.1, -0.05) is 0 Å². The molecule has 0 bridgehead atoms. The van der Waals surface area contributed by atoms with Crippen LogP contribution < -0.4 is 15.5 Å². The summed E-state index contributed by atoms with van der Waals surface area (Å²) in [6, 6.07) is 6.91. The standard InChI is InChI=1S/C18H19FN6O.C2HF3O2/c19-16-13(1-2-14-17(16)24-11-23-14)18(26)22-10-12-3-4-21-15(9-12)25-7-5-20-6-8-25;3-2(4,5)1(6)7/h1-4,9,11,20H,5-8,10H2,(H,22,26)(H,23,24);(H,6,7). The van der Waals surface area contributed by atoms with Gasteiger partial charge in [0.15, 0.2) is 5.82 Å². The van der Waals surface area contributed by atoms with Crippen LogP contribution in [-0.2, 0) is 11.3 Å². The lowest BCUT2D eigenvalue weighted by Crippen LogP contribution is -2.43. The smallest absolute Gasteiger partial charge is 0.475 e. The molecule has 0 unspecified atom stereocenters. The number of carbonyl (C=O) groups is 2. The van der Waals surface area contributed by atoms with Crippen molar-refractivity contribution in [1.82, 2.24) is 25.6 Å². The van der Waals surface area contributed by atoms with E-state index in [9.17, 15) is 22.4 Å². The van der Waals surface area contributed by atoms with Gasteiger partial charge < -0.3 is 25.6 Å². The highest BCUT2D eigenvalue weighted by molar-refractivity contribution is 5.97. The van der Waals surface area contributed by atoms with Crippen molar-refractivity contribution in [3.8, 4) is 0 Å². The average Bonchev–Trinajstić information content (AvgIpc) is 3.28. The zero-order valence-corrected chi connectivity index (χ0v) is 17.1. The van der Waals surface area contributed by atoms with Gasteiger partial charge in [0.05, 0.1) is 17.4 Å². The number of pyridine rings is 1. The van der Waals surface area contributed by atoms with Crippen LogP contribution >= 0.6 is 0 Å². The first kappa shape index (κ1) is 23.9. The number of carbonyl (C=O) groups excluding carboxylic acids is 1. The third-order valence-electron chi connectivity index (χ3n) is 4.72. The molecule has 4 rings (SSSR count). The van der Waals surface area contributed by atoms with E-state index in [1.54, 1.807) is 12.3 Å². The SMILES string of the molecule is O=C(NCc1ccnc(N2CCNCC2)c1)c1ccc2[nH]cnc2c1F.O=C(O)C(F)(F)F. The summed E-state index contributed by atoms with van der Waals surface area (Å²) < 4.78 is 46.2. The van der Waals surface area contributed by atoms with E-state index in [-0.39, 0.29) is 11.1 Å². The summed E-state index contributed by atoms with van der Waals surface area (Å²) in [5, 5.41) is 13.2. The van der Waals surface area contributed by atoms with Gasteiger partial charge in [0.1, 0.15) is 11.3 Å². The zero-order chi connectivity index (χ0) is 24.0. The number of alkyl halides is 3. The third-order valence-corrected chi connectivity index (χ3v) is 4.72. The summed E-state index contributed by atoms with van der Waals surface area (Å²) in [6.45, 7) is 3.96. The van der Waals surface area contributed by atoms with Crippen molar-refractivity contribution in [1.29, 1.82) is 0 Å². The Morgan fingerprint density at radius 2 is 1.85 bits per heavy atom. The summed E-state index contributed by atoms with van der Waals surface area (Å²) in [6.07, 6.45) is -1.95. The van der Waals surface area contributed by atoms with Crippen LogP contribution in [0.2, 0.25) is 0 Å². The highest BCUT2D eigenvalue weighted by Gasteiger charge is 2.38. The van der Waals surface area contributed by atoms with Crippen LogP contribution in [0.25, 0.3) is 11.0 Å². The predicted octanol–water partition coefficient (Wildman–Crippen LogP) is 2.07. The molecular formula is C20H20F4N6O3. The van der Waals surface area contributed by atoms with E-state index >= 15 is 0 Å². The maximum atomic E-state index is 14.4. The number of amides is 1. The summed E-state index contributed by atoms with van der Waals surface area (Å²) in [4.78, 5) is 34.6. The summed E-state index contributed by atoms with van der Waals surface area (Å²) in [5.74, 6) is -2.94. The zero-order valence-electron chi connectivity index (χ0n) is 17.1. The lowest BCUT2D eigenvalue weighted by Gasteiger charge is -2.28. The Kier molecular flexibility index (Phi) is 7.43. The number of anilines is 1. The molecule has 0 atom stereocenters. The van der Waals surface area contributed by atoms with Gasteiger partial charge in [-0.2, -0.15) is 13.2 Å². The minimum absolute atomic E-state index is 0.0130. The fourth-order valence-corrected chi connectivity index (χ4v) is 3.06. The van der Waals surface area contributed by atoms with Gasteiger partial charge in [0, 0.05) is 38.9 Å². The molecule has 176 valence electrons. The number of benzene rings is 1. The Bertz CT molecular complexity index is 1130. The van der Waals surface area contributed by atoms with Gasteiger partial charge >= 0.3 is 12.1 Å². The summed E-state index contributed by atoms with van der Waals surface area (Å²) in [7, 11) is 0. The largest absolute Gasteiger partial charge is 0.490 e. The second kappa shape index (κ2) is 10.3. The van der Waals surface area contributed by atoms with Gasteiger partial charge in [-0.25, -0.2) is 19.2 Å². The van der Waals surface area contributed by atoms with Crippen molar-refractivity contribution in [3.05, 3.63) is 53.7 Å². The maximum absolute atomic E-state index is 14.4. The fourth-order valence-electron chi connectivity index (χ4n) is 3.06.